The Labute approximate surface area is 734 Å². The second-order valence-corrected chi connectivity index (χ2v) is 34.6. The molecule has 6 heteroatoms. The third-order valence-electron chi connectivity index (χ3n) is 24.3. The average Bonchev–Trinajstić information content (AvgIpc) is 1.68. The van der Waals surface area contributed by atoms with Gasteiger partial charge in [-0.25, -0.2) is 0 Å². The second kappa shape index (κ2) is 26.7. The van der Waals surface area contributed by atoms with Crippen molar-refractivity contribution in [3.05, 3.63) is 380 Å². The van der Waals surface area contributed by atoms with Gasteiger partial charge in [0.2, 0.25) is 0 Å². The topological polar surface area (TPSA) is 29.5 Å². The number of nitrogens with zero attached hydrogens (tertiary/aromatic N) is 4. The summed E-state index contributed by atoms with van der Waals surface area (Å²) < 4.78 is 241. The van der Waals surface area contributed by atoms with Gasteiger partial charge in [0, 0.05) is 88.7 Å². The first-order chi connectivity index (χ1) is 68.4. The molecule has 0 fully saturated rings. The van der Waals surface area contributed by atoms with Crippen molar-refractivity contribution in [1.82, 2.24) is 9.13 Å². The fourth-order valence-electron chi connectivity index (χ4n) is 18.3. The summed E-state index contributed by atoms with van der Waals surface area (Å²) in [5.74, 6) is 0. The average molecular weight is 1560 g/mol. The Morgan fingerprint density at radius 1 is 0.267 bits per heavy atom. The molecule has 0 spiro atoms. The fraction of sp³-hybridized carbons (Fsp3) is 0.105. The number of furan rings is 1. The van der Waals surface area contributed by atoms with Crippen LogP contribution in [-0.4, -0.2) is 15.8 Å². The largest absolute Gasteiger partial charge is 0.456 e. The summed E-state index contributed by atoms with van der Waals surface area (Å²) in [5.41, 5.74) is 14.4. The normalized spacial score (nSPS) is 15.8. The molecule has 13 bridgehead atoms. The molecule has 0 N–H and O–H groups in total. The maximum atomic E-state index is 10.7. The zero-order chi connectivity index (χ0) is 102. The molecule has 20 aromatic rings. The van der Waals surface area contributed by atoms with E-state index in [0.717, 1.165) is 99.7 Å². The van der Waals surface area contributed by atoms with Gasteiger partial charge in [0.15, 0.2) is 0 Å². The Bertz CT molecular complexity index is 9080. The Hall–Kier alpha value is -14.2. The van der Waals surface area contributed by atoms with Crippen LogP contribution in [0.25, 0.3) is 166 Å². The predicted molar refractivity (Wildman–Crippen MR) is 510 cm³/mol. The van der Waals surface area contributed by atoms with E-state index in [4.69, 9.17) is 12.6 Å². The standard InChI is InChI=1S/C114H87BN4O/c1-112(2,3)82-62-90(72-32-18-12-19-33-72)110-92(64-82)80-38-26-36-74(56-80)77-46-54-107-95(59-77)96-60-78(47-55-108(96)120-107)75-37-27-39-81(57-75)93-65-83(113(4,5)6)63-91(73-34-20-13-21-35-73)111(93)119-104-69-86(117-99-42-24-22-40-87(99)89-50-44-79(61-102(89)117)71-30-16-11-17-31-71)49-52-98(104)115-97-51-48-85(68-103(97)118(110)105-66-84(114(7,8)9)67-106(119)109(105)115)116-100-43-25-23-41-88(100)94-58-76(45-53-101(94)116)70-28-14-10-15-29-70/h10-69H,1-9H3/i10D,11D,14D,15D,16D,17D,22D,23D,24D,25D,28D,29D,30D,31D,40D,41D,42D,43D,44D,45D,50D,53D,58D,61D. The molecule has 17 aromatic carbocycles. The zero-order valence-electron chi connectivity index (χ0n) is 91.1. The van der Waals surface area contributed by atoms with Crippen molar-refractivity contribution in [1.29, 1.82) is 0 Å². The van der Waals surface area contributed by atoms with Gasteiger partial charge < -0.3 is 23.4 Å². The van der Waals surface area contributed by atoms with Crippen LogP contribution in [0.2, 0.25) is 0 Å². The predicted octanol–water partition coefficient (Wildman–Crippen LogP) is 29.4. The Morgan fingerprint density at radius 2 is 0.658 bits per heavy atom. The van der Waals surface area contributed by atoms with Crippen LogP contribution in [0.4, 0.5) is 34.1 Å². The lowest BCUT2D eigenvalue weighted by Gasteiger charge is -2.47. The monoisotopic (exact) mass is 1560 g/mol. The first-order valence-corrected chi connectivity index (χ1v) is 40.3. The highest BCUT2D eigenvalue weighted by Crippen LogP contribution is 2.57. The van der Waals surface area contributed by atoms with Crippen LogP contribution in [0.15, 0.2) is 368 Å². The highest BCUT2D eigenvalue weighted by Gasteiger charge is 2.47. The van der Waals surface area contributed by atoms with Crippen molar-refractivity contribution < 1.29 is 37.3 Å². The maximum Gasteiger partial charge on any atom is 0.252 e. The Morgan fingerprint density at radius 3 is 1.15 bits per heavy atom. The van der Waals surface area contributed by atoms with Crippen LogP contribution in [0.5, 0.6) is 0 Å². The lowest BCUT2D eigenvalue weighted by molar-refractivity contribution is 0.590. The molecule has 0 atom stereocenters. The van der Waals surface area contributed by atoms with Crippen molar-refractivity contribution in [2.24, 2.45) is 0 Å². The molecule has 6 heterocycles. The molecule has 0 saturated heterocycles. The van der Waals surface area contributed by atoms with Crippen LogP contribution >= 0.6 is 0 Å². The molecule has 0 saturated carbocycles. The highest BCUT2D eigenvalue weighted by atomic mass is 16.3. The van der Waals surface area contributed by atoms with Gasteiger partial charge in [-0.05, 0) is 243 Å². The van der Waals surface area contributed by atoms with Crippen molar-refractivity contribution >= 4 is 123 Å². The number of benzene rings is 17. The van der Waals surface area contributed by atoms with Gasteiger partial charge in [-0.1, -0.05) is 298 Å². The molecule has 120 heavy (non-hydrogen) atoms. The summed E-state index contributed by atoms with van der Waals surface area (Å²) in [5, 5.41) is 0.729. The molecule has 23 rings (SSSR count). The lowest BCUT2D eigenvalue weighted by atomic mass is 9.33. The minimum atomic E-state index is -0.963. The lowest BCUT2D eigenvalue weighted by Crippen LogP contribution is -2.61. The summed E-state index contributed by atoms with van der Waals surface area (Å²) in [6.07, 6.45) is 0. The van der Waals surface area contributed by atoms with E-state index in [1.165, 1.54) is 9.13 Å². The van der Waals surface area contributed by atoms with Gasteiger partial charge >= 0.3 is 0 Å². The second-order valence-electron chi connectivity index (χ2n) is 34.6. The van der Waals surface area contributed by atoms with E-state index >= 15 is 0 Å². The third kappa shape index (κ3) is 11.3. The number of para-hydroxylation sites is 2. The van der Waals surface area contributed by atoms with Crippen LogP contribution < -0.4 is 26.2 Å². The molecule has 3 aliphatic rings. The van der Waals surface area contributed by atoms with Crippen molar-refractivity contribution in [2.75, 3.05) is 9.80 Å². The summed E-state index contributed by atoms with van der Waals surface area (Å²) in [6, 6.07) is 57.4. The van der Waals surface area contributed by atoms with Gasteiger partial charge in [0.1, 0.15) is 11.2 Å². The fourth-order valence-corrected chi connectivity index (χ4v) is 18.3. The van der Waals surface area contributed by atoms with E-state index < -0.39 is 190 Å². The molecule has 3 aliphatic heterocycles. The summed E-state index contributed by atoms with van der Waals surface area (Å²) >= 11 is 0. The highest BCUT2D eigenvalue weighted by molar-refractivity contribution is 7.00. The summed E-state index contributed by atoms with van der Waals surface area (Å²) in [6.45, 7) is 18.5. The molecule has 5 nitrogen and oxygen atoms in total. The summed E-state index contributed by atoms with van der Waals surface area (Å²) in [7, 11) is 0. The van der Waals surface area contributed by atoms with Crippen LogP contribution in [0.3, 0.4) is 0 Å². The van der Waals surface area contributed by atoms with E-state index in [1.807, 2.05) is 72.8 Å². The number of hydrogen-bond donors (Lipinski definition) is 0. The number of rotatable bonds is 6. The van der Waals surface area contributed by atoms with Crippen molar-refractivity contribution in [3.63, 3.8) is 0 Å². The number of anilines is 6. The third-order valence-corrected chi connectivity index (χ3v) is 24.3. The van der Waals surface area contributed by atoms with Crippen LogP contribution in [0.1, 0.15) is 112 Å². The van der Waals surface area contributed by atoms with E-state index in [0.29, 0.717) is 56.2 Å². The van der Waals surface area contributed by atoms with Gasteiger partial charge in [-0.2, -0.15) is 0 Å². The molecule has 0 radical (unpaired) electrons. The first kappa shape index (κ1) is 50.4. The Balaban J connectivity index is 0.949. The van der Waals surface area contributed by atoms with E-state index in [-0.39, 0.29) is 55.0 Å². The van der Waals surface area contributed by atoms with E-state index in [9.17, 15) is 24.7 Å². The quantitative estimate of drug-likeness (QED) is 0.155. The number of aromatic nitrogens is 2. The minimum absolute atomic E-state index is 0.144. The molecule has 0 amide bonds. The molecule has 572 valence electrons. The molecule has 3 aromatic heterocycles. The zero-order valence-corrected chi connectivity index (χ0v) is 67.1. The smallest absolute Gasteiger partial charge is 0.252 e. The van der Waals surface area contributed by atoms with Gasteiger partial charge in [-0.3, -0.25) is 0 Å². The summed E-state index contributed by atoms with van der Waals surface area (Å²) in [4.78, 5) is 4.57. The first-order valence-electron chi connectivity index (χ1n) is 52.3. The van der Waals surface area contributed by atoms with Crippen molar-refractivity contribution in [2.45, 2.75) is 78.6 Å². The molecular formula is C114H87BN4O. The molecular weight excluding hydrogens is 1450 g/mol. The molecule has 0 unspecified atom stereocenters. The van der Waals surface area contributed by atoms with Crippen molar-refractivity contribution in [3.8, 4) is 100 Å². The van der Waals surface area contributed by atoms with Crippen LogP contribution in [0, 0.1) is 0 Å². The molecule has 0 aliphatic carbocycles. The van der Waals surface area contributed by atoms with Gasteiger partial charge in [-0.15, -0.1) is 0 Å². The maximum absolute atomic E-state index is 10.7. The Kier molecular flexibility index (Phi) is 11.2. The van der Waals surface area contributed by atoms with Gasteiger partial charge in [0.25, 0.3) is 6.71 Å². The number of hydrogen-bond acceptors (Lipinski definition) is 3. The number of fused-ring (bicyclic) bond motifs is 26. The van der Waals surface area contributed by atoms with E-state index in [1.54, 1.807) is 12.1 Å². The minimum Gasteiger partial charge on any atom is -0.456 e. The van der Waals surface area contributed by atoms with E-state index in [2.05, 4.69) is 206 Å². The van der Waals surface area contributed by atoms with Gasteiger partial charge in [0.05, 0.1) is 66.3 Å². The van der Waals surface area contributed by atoms with Crippen LogP contribution in [-0.2, 0) is 16.2 Å². The SMILES string of the molecule is [2H]c1c([2H])c([2H])c(-c2c([2H])c([2H])c3c(c2[2H])c2c([2H])c([2H])c([2H])c([2H])c2n3-c2ccc3c(c2)N2c4cc(C(C)(C)C)cc5c4B3c3ccc(-n4c6c([2H])c([2H])c([2H])c([2H])c6c6c([2H])c([2H])c(-c7c([2H])c([2H])c([2H])c([2H])c7[2H])c([2H])c64)cc3N5c3c(-c4ccccc4)cc(C(C)(C)C)cc3-c3cccc(c3)-c3ccc4oc5ccc(cc5c4c3)-c3cccc(c3)-c3cc(C(C)(C)C)cc(-c4ccccc4)c32)c([2H])c1[2H].